The first kappa shape index (κ1) is 22.9. The van der Waals surface area contributed by atoms with Crippen LogP contribution in [0.5, 0.6) is 5.75 Å². The molecule has 0 spiro atoms. The van der Waals surface area contributed by atoms with Crippen molar-refractivity contribution in [1.29, 1.82) is 0 Å². The third kappa shape index (κ3) is 5.22. The highest BCUT2D eigenvalue weighted by Crippen LogP contribution is 2.28. The van der Waals surface area contributed by atoms with Crippen LogP contribution in [0, 0.1) is 5.92 Å². The number of carbonyl (C=O) groups is 2. The molecule has 9 nitrogen and oxygen atoms in total. The molecule has 1 atom stereocenters. The van der Waals surface area contributed by atoms with Crippen molar-refractivity contribution in [3.05, 3.63) is 59.7 Å². The van der Waals surface area contributed by atoms with E-state index in [4.69, 9.17) is 4.74 Å². The summed E-state index contributed by atoms with van der Waals surface area (Å²) in [6.45, 7) is 1.25. The summed E-state index contributed by atoms with van der Waals surface area (Å²) in [5.41, 5.74) is 1.93. The molecule has 1 unspecified atom stereocenters. The lowest BCUT2D eigenvalue weighted by molar-refractivity contribution is 0.0516. The van der Waals surface area contributed by atoms with Crippen LogP contribution in [0.1, 0.15) is 39.4 Å². The fourth-order valence-electron chi connectivity index (χ4n) is 4.43. The number of hydrogen-bond acceptors (Lipinski definition) is 7. The molecule has 2 aromatic heterocycles. The summed E-state index contributed by atoms with van der Waals surface area (Å²) in [6, 6.07) is 9.66. The lowest BCUT2D eigenvalue weighted by Crippen LogP contribution is -2.48. The van der Waals surface area contributed by atoms with Gasteiger partial charge in [-0.25, -0.2) is 0 Å². The van der Waals surface area contributed by atoms with Crippen molar-refractivity contribution in [2.45, 2.75) is 25.3 Å². The van der Waals surface area contributed by atoms with Crippen molar-refractivity contribution in [2.75, 3.05) is 27.2 Å². The summed E-state index contributed by atoms with van der Waals surface area (Å²) >= 11 is 1.04. The normalized spacial score (nSPS) is 15.3. The topological polar surface area (TPSA) is 93.5 Å². The minimum Gasteiger partial charge on any atom is -0.497 e. The number of likely N-dealkylation sites (tertiary alicyclic amines) is 1. The van der Waals surface area contributed by atoms with Gasteiger partial charge in [0, 0.05) is 39.4 Å². The first-order valence-corrected chi connectivity index (χ1v) is 11.7. The monoisotopic (exact) mass is 468 g/mol. The maximum atomic E-state index is 13.2. The quantitative estimate of drug-likeness (QED) is 0.529. The van der Waals surface area contributed by atoms with Gasteiger partial charge in [-0.15, -0.1) is 0 Å². The Hall–Kier alpha value is -3.27. The molecular formula is C23H28N6O3S. The van der Waals surface area contributed by atoms with Gasteiger partial charge in [-0.1, -0.05) is 12.1 Å². The van der Waals surface area contributed by atoms with E-state index in [1.54, 1.807) is 31.1 Å². The fraction of sp³-hybridized carbons (Fsp3) is 0.435. The number of aryl methyl sites for hydroxylation is 1. The number of aromatic nitrogens is 4. The number of piperidine rings is 1. The number of hydrogen-bond donors (Lipinski definition) is 0. The molecule has 0 bridgehead atoms. The molecule has 1 aliphatic rings. The van der Waals surface area contributed by atoms with Crippen molar-refractivity contribution < 1.29 is 14.3 Å². The van der Waals surface area contributed by atoms with Crippen LogP contribution in [-0.2, 0) is 13.5 Å². The molecule has 1 aromatic carbocycles. The minimum atomic E-state index is -0.101. The van der Waals surface area contributed by atoms with E-state index in [0.717, 1.165) is 35.9 Å². The van der Waals surface area contributed by atoms with E-state index in [-0.39, 0.29) is 23.8 Å². The Bertz CT molecular complexity index is 1090. The summed E-state index contributed by atoms with van der Waals surface area (Å²) in [7, 11) is 5.30. The van der Waals surface area contributed by atoms with Crippen LogP contribution in [0.4, 0.5) is 0 Å². The van der Waals surface area contributed by atoms with Gasteiger partial charge in [-0.3, -0.25) is 14.3 Å². The largest absolute Gasteiger partial charge is 0.497 e. The highest BCUT2D eigenvalue weighted by molar-refractivity contribution is 6.99. The summed E-state index contributed by atoms with van der Waals surface area (Å²) in [6.07, 6.45) is 5.59. The molecule has 174 valence electrons. The number of carbonyl (C=O) groups excluding carboxylic acids is 2. The van der Waals surface area contributed by atoms with Gasteiger partial charge in [0.1, 0.15) is 11.4 Å². The zero-order valence-electron chi connectivity index (χ0n) is 19.0. The van der Waals surface area contributed by atoms with E-state index in [9.17, 15) is 9.59 Å². The van der Waals surface area contributed by atoms with Gasteiger partial charge >= 0.3 is 0 Å². The number of rotatable bonds is 7. The maximum Gasteiger partial charge on any atom is 0.275 e. The third-order valence-electron chi connectivity index (χ3n) is 6.28. The number of benzene rings is 1. The molecule has 10 heteroatoms. The molecule has 0 N–H and O–H groups in total. The Morgan fingerprint density at radius 3 is 2.67 bits per heavy atom. The van der Waals surface area contributed by atoms with E-state index in [0.29, 0.717) is 30.9 Å². The molecule has 1 saturated heterocycles. The predicted octanol–water partition coefficient (Wildman–Crippen LogP) is 2.52. The molecule has 0 aliphatic carbocycles. The highest BCUT2D eigenvalue weighted by Gasteiger charge is 2.34. The van der Waals surface area contributed by atoms with Crippen molar-refractivity contribution in [2.24, 2.45) is 13.0 Å². The Morgan fingerprint density at radius 1 is 1.24 bits per heavy atom. The molecule has 4 rings (SSSR count). The number of amides is 2. The smallest absolute Gasteiger partial charge is 0.275 e. The lowest BCUT2D eigenvalue weighted by Gasteiger charge is -2.39. The minimum absolute atomic E-state index is 0.0372. The Morgan fingerprint density at radius 2 is 2.03 bits per heavy atom. The molecule has 1 aliphatic heterocycles. The first-order valence-electron chi connectivity index (χ1n) is 10.9. The zero-order valence-corrected chi connectivity index (χ0v) is 19.9. The van der Waals surface area contributed by atoms with Gasteiger partial charge in [0.2, 0.25) is 0 Å². The van der Waals surface area contributed by atoms with Crippen LogP contribution in [0.3, 0.4) is 0 Å². The van der Waals surface area contributed by atoms with E-state index in [1.165, 1.54) is 6.20 Å². The predicted molar refractivity (Wildman–Crippen MR) is 124 cm³/mol. The Kier molecular flexibility index (Phi) is 7.02. The number of methoxy groups -OCH3 is 1. The summed E-state index contributed by atoms with van der Waals surface area (Å²) in [4.78, 5) is 29.5. The zero-order chi connectivity index (χ0) is 23.4. The van der Waals surface area contributed by atoms with Crippen molar-refractivity contribution >= 4 is 23.5 Å². The van der Waals surface area contributed by atoms with Gasteiger partial charge in [0.25, 0.3) is 11.8 Å². The first-order chi connectivity index (χ1) is 16.0. The van der Waals surface area contributed by atoms with Crippen LogP contribution in [0.15, 0.2) is 42.7 Å². The Balaban J connectivity index is 1.52. The number of likely N-dealkylation sites (N-methyl/N-ethyl adjacent to an activating group) is 1. The van der Waals surface area contributed by atoms with E-state index in [2.05, 4.69) is 19.9 Å². The van der Waals surface area contributed by atoms with Gasteiger partial charge in [-0.05, 0) is 48.9 Å². The average Bonchev–Trinajstić information content (AvgIpc) is 3.54. The highest BCUT2D eigenvalue weighted by atomic mass is 32.1. The molecule has 0 saturated carbocycles. The van der Waals surface area contributed by atoms with Crippen LogP contribution in [0.25, 0.3) is 0 Å². The van der Waals surface area contributed by atoms with Crippen molar-refractivity contribution in [3.8, 4) is 5.75 Å². The fourth-order valence-corrected chi connectivity index (χ4v) is 4.84. The summed E-state index contributed by atoms with van der Waals surface area (Å²) in [5, 5.41) is 4.30. The van der Waals surface area contributed by atoms with Crippen molar-refractivity contribution in [3.63, 3.8) is 0 Å². The number of ether oxygens (including phenoxy) is 1. The number of nitrogens with zero attached hydrogens (tertiary/aromatic N) is 6. The molecule has 3 heterocycles. The second-order valence-corrected chi connectivity index (χ2v) is 8.89. The standard InChI is InChI=1S/C23H28N6O3S/c1-27-10-9-19(25-27)22(30)28(2)21(14-16-5-4-6-18(13-16)32-3)17-7-11-29(12-8-17)23(31)20-15-24-33-26-20/h4-6,9-10,13,15,17,21H,7-8,11-12,14H2,1-3H3. The van der Waals surface area contributed by atoms with E-state index < -0.39 is 0 Å². The SMILES string of the molecule is COc1cccc(CC(C2CCN(C(=O)c3cnsn3)CC2)N(C)C(=O)c2ccn(C)n2)c1. The molecular weight excluding hydrogens is 440 g/mol. The Labute approximate surface area is 197 Å². The average molecular weight is 469 g/mol. The van der Waals surface area contributed by atoms with E-state index in [1.807, 2.05) is 35.0 Å². The second kappa shape index (κ2) is 10.1. The van der Waals surface area contributed by atoms with Crippen molar-refractivity contribution in [1.82, 2.24) is 28.3 Å². The van der Waals surface area contributed by atoms with Crippen LogP contribution >= 0.6 is 11.7 Å². The van der Waals surface area contributed by atoms with E-state index >= 15 is 0 Å². The van der Waals surface area contributed by atoms with Crippen LogP contribution < -0.4 is 4.74 Å². The molecule has 2 amide bonds. The molecule has 0 radical (unpaired) electrons. The molecule has 3 aromatic rings. The van der Waals surface area contributed by atoms with Gasteiger partial charge in [0.05, 0.1) is 25.0 Å². The van der Waals surface area contributed by atoms with Gasteiger partial charge in [0.15, 0.2) is 5.69 Å². The lowest BCUT2D eigenvalue weighted by atomic mass is 9.84. The van der Waals surface area contributed by atoms with Crippen LogP contribution in [-0.4, -0.2) is 73.4 Å². The maximum absolute atomic E-state index is 13.2. The second-order valence-electron chi connectivity index (χ2n) is 8.34. The summed E-state index contributed by atoms with van der Waals surface area (Å²) in [5.74, 6) is 0.855. The third-order valence-corrected chi connectivity index (χ3v) is 6.76. The van der Waals surface area contributed by atoms with Gasteiger partial charge < -0.3 is 14.5 Å². The molecule has 33 heavy (non-hydrogen) atoms. The molecule has 1 fully saturated rings. The van der Waals surface area contributed by atoms with Gasteiger partial charge in [-0.2, -0.15) is 13.8 Å². The summed E-state index contributed by atoms with van der Waals surface area (Å²) < 4.78 is 15.0. The van der Waals surface area contributed by atoms with Crippen LogP contribution in [0.2, 0.25) is 0 Å².